The topological polar surface area (TPSA) is 62.5 Å². The van der Waals surface area contributed by atoms with Gasteiger partial charge in [-0.15, -0.1) is 0 Å². The quantitative estimate of drug-likeness (QED) is 0.872. The van der Waals surface area contributed by atoms with Gasteiger partial charge >= 0.3 is 5.97 Å². The standard InChI is InChI=1S/C13H12FNO3/c1-8(9-4-5-18-7-9)15-10-2-3-12(14)11(6-10)13(16)17/h2-8,15H,1H3,(H,16,17). The first-order valence-corrected chi connectivity index (χ1v) is 5.39. The smallest absolute Gasteiger partial charge is 0.338 e. The fourth-order valence-electron chi connectivity index (χ4n) is 1.63. The van der Waals surface area contributed by atoms with Crippen LogP contribution in [-0.2, 0) is 0 Å². The summed E-state index contributed by atoms with van der Waals surface area (Å²) in [6.07, 6.45) is 3.15. The van der Waals surface area contributed by atoms with Crippen molar-refractivity contribution in [3.8, 4) is 0 Å². The maximum atomic E-state index is 13.2. The van der Waals surface area contributed by atoms with Crippen LogP contribution in [0.4, 0.5) is 10.1 Å². The molecule has 2 aromatic rings. The first kappa shape index (κ1) is 12.2. The Morgan fingerprint density at radius 1 is 1.44 bits per heavy atom. The summed E-state index contributed by atoms with van der Waals surface area (Å²) in [6, 6.07) is 5.65. The summed E-state index contributed by atoms with van der Waals surface area (Å²) >= 11 is 0. The summed E-state index contributed by atoms with van der Waals surface area (Å²) in [6.45, 7) is 1.90. The van der Waals surface area contributed by atoms with E-state index in [0.717, 1.165) is 11.6 Å². The highest BCUT2D eigenvalue weighted by molar-refractivity contribution is 5.89. The van der Waals surface area contributed by atoms with Crippen LogP contribution in [-0.4, -0.2) is 11.1 Å². The molecule has 5 heteroatoms. The highest BCUT2D eigenvalue weighted by atomic mass is 19.1. The fourth-order valence-corrected chi connectivity index (χ4v) is 1.63. The molecule has 1 aromatic heterocycles. The van der Waals surface area contributed by atoms with Crippen LogP contribution >= 0.6 is 0 Å². The maximum Gasteiger partial charge on any atom is 0.338 e. The van der Waals surface area contributed by atoms with Crippen molar-refractivity contribution in [2.24, 2.45) is 0 Å². The Kier molecular flexibility index (Phi) is 3.32. The summed E-state index contributed by atoms with van der Waals surface area (Å²) in [5.74, 6) is -2.03. The number of rotatable bonds is 4. The van der Waals surface area contributed by atoms with Crippen molar-refractivity contribution in [2.75, 3.05) is 5.32 Å². The Labute approximate surface area is 103 Å². The molecule has 0 aliphatic carbocycles. The van der Waals surface area contributed by atoms with Crippen molar-refractivity contribution >= 4 is 11.7 Å². The molecule has 0 amide bonds. The zero-order chi connectivity index (χ0) is 13.1. The van der Waals surface area contributed by atoms with Gasteiger partial charge in [-0.05, 0) is 31.2 Å². The number of hydrogen-bond acceptors (Lipinski definition) is 3. The van der Waals surface area contributed by atoms with Crippen LogP contribution in [0.3, 0.4) is 0 Å². The molecule has 0 bridgehead atoms. The molecule has 2 rings (SSSR count). The summed E-state index contributed by atoms with van der Waals surface area (Å²) in [5, 5.41) is 11.9. The lowest BCUT2D eigenvalue weighted by atomic mass is 10.1. The highest BCUT2D eigenvalue weighted by Gasteiger charge is 2.12. The average Bonchev–Trinajstić information content (AvgIpc) is 2.85. The van der Waals surface area contributed by atoms with Crippen LogP contribution in [0.2, 0.25) is 0 Å². The minimum absolute atomic E-state index is 0.0594. The van der Waals surface area contributed by atoms with Gasteiger partial charge in [-0.25, -0.2) is 9.18 Å². The maximum absolute atomic E-state index is 13.2. The number of nitrogens with one attached hydrogen (secondary N) is 1. The molecule has 0 aliphatic heterocycles. The number of benzene rings is 1. The van der Waals surface area contributed by atoms with E-state index in [1.54, 1.807) is 18.6 Å². The van der Waals surface area contributed by atoms with E-state index in [4.69, 9.17) is 9.52 Å². The molecule has 1 heterocycles. The first-order chi connectivity index (χ1) is 8.58. The molecule has 0 radical (unpaired) electrons. The first-order valence-electron chi connectivity index (χ1n) is 5.39. The monoisotopic (exact) mass is 249 g/mol. The normalized spacial score (nSPS) is 12.1. The van der Waals surface area contributed by atoms with Crippen molar-refractivity contribution in [3.63, 3.8) is 0 Å². The average molecular weight is 249 g/mol. The molecule has 0 fully saturated rings. The number of carboxylic acids is 1. The predicted molar refractivity (Wildman–Crippen MR) is 64.1 cm³/mol. The number of halogens is 1. The lowest BCUT2D eigenvalue weighted by molar-refractivity contribution is 0.0692. The Morgan fingerprint density at radius 3 is 2.83 bits per heavy atom. The van der Waals surface area contributed by atoms with Gasteiger partial charge in [0.25, 0.3) is 0 Å². The third kappa shape index (κ3) is 2.51. The number of anilines is 1. The molecule has 94 valence electrons. The van der Waals surface area contributed by atoms with Crippen LogP contribution in [0.15, 0.2) is 41.2 Å². The van der Waals surface area contributed by atoms with Gasteiger partial charge in [0.05, 0.1) is 24.1 Å². The van der Waals surface area contributed by atoms with E-state index in [0.29, 0.717) is 5.69 Å². The minimum atomic E-state index is -1.29. The zero-order valence-electron chi connectivity index (χ0n) is 9.68. The van der Waals surface area contributed by atoms with Gasteiger partial charge in [-0.2, -0.15) is 0 Å². The largest absolute Gasteiger partial charge is 0.478 e. The SMILES string of the molecule is CC(Nc1ccc(F)c(C(=O)O)c1)c1ccoc1. The van der Waals surface area contributed by atoms with E-state index >= 15 is 0 Å². The molecular formula is C13H12FNO3. The van der Waals surface area contributed by atoms with Crippen LogP contribution in [0.1, 0.15) is 28.9 Å². The third-order valence-corrected chi connectivity index (χ3v) is 2.62. The summed E-state index contributed by atoms with van der Waals surface area (Å²) in [5.41, 5.74) is 1.12. The fraction of sp³-hybridized carbons (Fsp3) is 0.154. The molecule has 18 heavy (non-hydrogen) atoms. The Balaban J connectivity index is 2.20. The van der Waals surface area contributed by atoms with Crippen LogP contribution in [0.25, 0.3) is 0 Å². The van der Waals surface area contributed by atoms with Crippen LogP contribution < -0.4 is 5.32 Å². The van der Waals surface area contributed by atoms with Gasteiger partial charge in [0.15, 0.2) is 0 Å². The molecule has 0 aliphatic rings. The van der Waals surface area contributed by atoms with Crippen molar-refractivity contribution in [3.05, 3.63) is 53.7 Å². The van der Waals surface area contributed by atoms with Crippen molar-refractivity contribution < 1.29 is 18.7 Å². The molecule has 1 aromatic carbocycles. The zero-order valence-corrected chi connectivity index (χ0v) is 9.68. The summed E-state index contributed by atoms with van der Waals surface area (Å²) in [4.78, 5) is 10.8. The Morgan fingerprint density at radius 2 is 2.22 bits per heavy atom. The van der Waals surface area contributed by atoms with Crippen LogP contribution in [0.5, 0.6) is 0 Å². The lowest BCUT2D eigenvalue weighted by Gasteiger charge is -2.14. The molecular weight excluding hydrogens is 237 g/mol. The van der Waals surface area contributed by atoms with Crippen molar-refractivity contribution in [2.45, 2.75) is 13.0 Å². The second-order valence-electron chi connectivity index (χ2n) is 3.92. The van der Waals surface area contributed by atoms with Crippen molar-refractivity contribution in [1.82, 2.24) is 0 Å². The van der Waals surface area contributed by atoms with Gasteiger partial charge in [0, 0.05) is 11.3 Å². The molecule has 1 unspecified atom stereocenters. The number of furan rings is 1. The second-order valence-corrected chi connectivity index (χ2v) is 3.92. The number of carbonyl (C=O) groups is 1. The third-order valence-electron chi connectivity index (χ3n) is 2.62. The van der Waals surface area contributed by atoms with E-state index in [9.17, 15) is 9.18 Å². The van der Waals surface area contributed by atoms with E-state index in [1.165, 1.54) is 12.1 Å². The van der Waals surface area contributed by atoms with Gasteiger partial charge in [-0.1, -0.05) is 0 Å². The van der Waals surface area contributed by atoms with E-state index in [1.807, 2.05) is 6.92 Å². The number of carboxylic acid groups (broad SMARTS) is 1. The van der Waals surface area contributed by atoms with Gasteiger partial charge in [0.1, 0.15) is 5.82 Å². The highest BCUT2D eigenvalue weighted by Crippen LogP contribution is 2.21. The second kappa shape index (κ2) is 4.91. The van der Waals surface area contributed by atoms with Gasteiger partial charge in [0.2, 0.25) is 0 Å². The predicted octanol–water partition coefficient (Wildman–Crippen LogP) is 3.29. The lowest BCUT2D eigenvalue weighted by Crippen LogP contribution is -2.07. The molecule has 2 N–H and O–H groups in total. The summed E-state index contributed by atoms with van der Waals surface area (Å²) < 4.78 is 18.2. The van der Waals surface area contributed by atoms with Crippen molar-refractivity contribution in [1.29, 1.82) is 0 Å². The Bertz CT molecular complexity index is 551. The number of hydrogen-bond donors (Lipinski definition) is 2. The molecule has 1 atom stereocenters. The van der Waals surface area contributed by atoms with Crippen LogP contribution in [0, 0.1) is 5.82 Å². The molecule has 0 saturated heterocycles. The Hall–Kier alpha value is -2.30. The molecule has 0 spiro atoms. The summed E-state index contributed by atoms with van der Waals surface area (Å²) in [7, 11) is 0. The van der Waals surface area contributed by atoms with Gasteiger partial charge in [-0.3, -0.25) is 0 Å². The van der Waals surface area contributed by atoms with E-state index in [-0.39, 0.29) is 11.6 Å². The molecule has 0 saturated carbocycles. The van der Waals surface area contributed by atoms with E-state index < -0.39 is 11.8 Å². The number of aromatic carboxylic acids is 1. The van der Waals surface area contributed by atoms with E-state index in [2.05, 4.69) is 5.32 Å². The minimum Gasteiger partial charge on any atom is -0.478 e. The van der Waals surface area contributed by atoms with Gasteiger partial charge < -0.3 is 14.8 Å². The molecule has 4 nitrogen and oxygen atoms in total.